The number of carbonyl (C=O) groups excluding carboxylic acids is 1. The van der Waals surface area contributed by atoms with Crippen molar-refractivity contribution in [2.45, 2.75) is 6.92 Å². The molecule has 2 aromatic carbocycles. The number of nitrogens with one attached hydrogen (secondary N) is 2. The highest BCUT2D eigenvalue weighted by Crippen LogP contribution is 2.23. The molecule has 0 atom stereocenters. The number of ketones is 1. The Balaban J connectivity index is 1.82. The van der Waals surface area contributed by atoms with Crippen molar-refractivity contribution >= 4 is 33.3 Å². The predicted molar refractivity (Wildman–Crippen MR) is 89.2 cm³/mol. The molecule has 0 aliphatic heterocycles. The van der Waals surface area contributed by atoms with Gasteiger partial charge in [-0.3, -0.25) is 4.79 Å². The van der Waals surface area contributed by atoms with E-state index in [-0.39, 0.29) is 5.78 Å². The van der Waals surface area contributed by atoms with E-state index in [1.54, 1.807) is 0 Å². The van der Waals surface area contributed by atoms with Crippen molar-refractivity contribution in [3.63, 3.8) is 0 Å². The van der Waals surface area contributed by atoms with Crippen LogP contribution in [0, 0.1) is 6.92 Å². The lowest BCUT2D eigenvalue weighted by Crippen LogP contribution is -2.01. The van der Waals surface area contributed by atoms with E-state index in [2.05, 4.69) is 9.97 Å². The van der Waals surface area contributed by atoms with Gasteiger partial charge in [-0.05, 0) is 42.8 Å². The second-order valence-corrected chi connectivity index (χ2v) is 5.58. The first-order valence-corrected chi connectivity index (χ1v) is 7.13. The maximum Gasteiger partial charge on any atom is 0.225 e. The van der Waals surface area contributed by atoms with Gasteiger partial charge >= 0.3 is 0 Å². The Hall–Kier alpha value is -3.01. The number of rotatable bonds is 2. The third kappa shape index (κ3) is 1.89. The second kappa shape index (κ2) is 4.49. The van der Waals surface area contributed by atoms with Crippen LogP contribution in [0.25, 0.3) is 21.8 Å². The van der Waals surface area contributed by atoms with Gasteiger partial charge in [-0.15, -0.1) is 0 Å². The van der Waals surface area contributed by atoms with Crippen molar-refractivity contribution in [1.82, 2.24) is 9.97 Å². The van der Waals surface area contributed by atoms with Crippen LogP contribution in [-0.4, -0.2) is 15.8 Å². The summed E-state index contributed by atoms with van der Waals surface area (Å²) in [7, 11) is 0. The van der Waals surface area contributed by atoms with Crippen molar-refractivity contribution in [3.8, 4) is 0 Å². The number of nitrogens with two attached hydrogens (primary N) is 1. The number of aryl methyl sites for hydroxylation is 1. The average molecular weight is 289 g/mol. The number of aromatic amines is 2. The van der Waals surface area contributed by atoms with Gasteiger partial charge in [-0.25, -0.2) is 0 Å². The molecule has 2 heterocycles. The SMILES string of the molecule is Cc1cccc2[nH]c(C(=O)c3cc4ccc(N)cc4[nH]3)cc12. The van der Waals surface area contributed by atoms with Gasteiger partial charge in [0.25, 0.3) is 0 Å². The highest BCUT2D eigenvalue weighted by molar-refractivity contribution is 6.11. The summed E-state index contributed by atoms with van der Waals surface area (Å²) in [6, 6.07) is 15.3. The standard InChI is InChI=1S/C18H15N3O/c1-10-3-2-4-14-13(10)9-17(20-14)18(22)16-7-11-5-6-12(19)8-15(11)21-16/h2-9,20-21H,19H2,1H3. The molecule has 0 saturated carbocycles. The normalized spacial score (nSPS) is 11.3. The minimum absolute atomic E-state index is 0.0506. The lowest BCUT2D eigenvalue weighted by Gasteiger charge is -1.93. The molecule has 0 bridgehead atoms. The van der Waals surface area contributed by atoms with Crippen LogP contribution in [0.1, 0.15) is 21.7 Å². The summed E-state index contributed by atoms with van der Waals surface area (Å²) in [5.41, 5.74) is 10.6. The van der Waals surface area contributed by atoms with E-state index in [9.17, 15) is 4.79 Å². The fourth-order valence-corrected chi connectivity index (χ4v) is 2.84. The molecule has 4 heteroatoms. The Kier molecular flexibility index (Phi) is 2.60. The zero-order valence-electron chi connectivity index (χ0n) is 12.1. The highest BCUT2D eigenvalue weighted by Gasteiger charge is 2.15. The van der Waals surface area contributed by atoms with Gasteiger partial charge in [0, 0.05) is 27.5 Å². The number of hydrogen-bond donors (Lipinski definition) is 3. The van der Waals surface area contributed by atoms with Gasteiger partial charge in [0.2, 0.25) is 5.78 Å². The number of hydrogen-bond acceptors (Lipinski definition) is 2. The molecule has 0 aliphatic carbocycles. The van der Waals surface area contributed by atoms with E-state index in [0.29, 0.717) is 17.1 Å². The Labute approximate surface area is 127 Å². The maximum atomic E-state index is 12.7. The van der Waals surface area contributed by atoms with Crippen LogP contribution in [0.2, 0.25) is 0 Å². The Morgan fingerprint density at radius 1 is 0.955 bits per heavy atom. The topological polar surface area (TPSA) is 74.7 Å². The Morgan fingerprint density at radius 3 is 2.55 bits per heavy atom. The molecule has 0 saturated heterocycles. The van der Waals surface area contributed by atoms with Gasteiger partial charge in [-0.2, -0.15) is 0 Å². The quantitative estimate of drug-likeness (QED) is 0.388. The summed E-state index contributed by atoms with van der Waals surface area (Å²) in [6.07, 6.45) is 0. The minimum Gasteiger partial charge on any atom is -0.399 e. The fraction of sp³-hybridized carbons (Fsp3) is 0.0556. The first kappa shape index (κ1) is 12.7. The molecule has 0 unspecified atom stereocenters. The monoisotopic (exact) mass is 289 g/mol. The third-order valence-corrected chi connectivity index (χ3v) is 4.02. The van der Waals surface area contributed by atoms with E-state index in [1.165, 1.54) is 0 Å². The maximum absolute atomic E-state index is 12.7. The number of anilines is 1. The van der Waals surface area contributed by atoms with E-state index < -0.39 is 0 Å². The molecule has 108 valence electrons. The molecule has 2 aromatic heterocycles. The van der Waals surface area contributed by atoms with Crippen LogP contribution >= 0.6 is 0 Å². The van der Waals surface area contributed by atoms with Gasteiger partial charge in [0.05, 0.1) is 11.4 Å². The molecular formula is C18H15N3O. The first-order valence-electron chi connectivity index (χ1n) is 7.13. The fourth-order valence-electron chi connectivity index (χ4n) is 2.84. The second-order valence-electron chi connectivity index (χ2n) is 5.58. The summed E-state index contributed by atoms with van der Waals surface area (Å²) in [4.78, 5) is 19.0. The zero-order chi connectivity index (χ0) is 15.3. The molecule has 4 rings (SSSR count). The lowest BCUT2D eigenvalue weighted by atomic mass is 10.1. The zero-order valence-corrected chi connectivity index (χ0v) is 12.1. The highest BCUT2D eigenvalue weighted by atomic mass is 16.1. The molecule has 0 radical (unpaired) electrons. The van der Waals surface area contributed by atoms with Gasteiger partial charge in [-0.1, -0.05) is 18.2 Å². The summed E-state index contributed by atoms with van der Waals surface area (Å²) in [5.74, 6) is -0.0506. The predicted octanol–water partition coefficient (Wildman–Crippen LogP) is 3.77. The van der Waals surface area contributed by atoms with Crippen molar-refractivity contribution in [1.29, 1.82) is 0 Å². The molecule has 4 nitrogen and oxygen atoms in total. The van der Waals surface area contributed by atoms with Crippen LogP contribution < -0.4 is 5.73 Å². The number of benzene rings is 2. The van der Waals surface area contributed by atoms with Crippen LogP contribution in [0.5, 0.6) is 0 Å². The summed E-state index contributed by atoms with van der Waals surface area (Å²) in [5, 5.41) is 2.05. The summed E-state index contributed by atoms with van der Waals surface area (Å²) in [6.45, 7) is 2.04. The Morgan fingerprint density at radius 2 is 1.73 bits per heavy atom. The lowest BCUT2D eigenvalue weighted by molar-refractivity contribution is 0.103. The van der Waals surface area contributed by atoms with Crippen molar-refractivity contribution in [2.24, 2.45) is 0 Å². The molecular weight excluding hydrogens is 274 g/mol. The van der Waals surface area contributed by atoms with Crippen molar-refractivity contribution < 1.29 is 4.79 Å². The van der Waals surface area contributed by atoms with E-state index in [4.69, 9.17) is 5.73 Å². The summed E-state index contributed by atoms with van der Waals surface area (Å²) >= 11 is 0. The smallest absolute Gasteiger partial charge is 0.225 e. The Bertz CT molecular complexity index is 1020. The van der Waals surface area contributed by atoms with Crippen molar-refractivity contribution in [3.05, 3.63) is 65.5 Å². The molecule has 4 N–H and O–H groups in total. The van der Waals surface area contributed by atoms with Crippen LogP contribution in [0.15, 0.2) is 48.5 Å². The number of fused-ring (bicyclic) bond motifs is 2. The third-order valence-electron chi connectivity index (χ3n) is 4.02. The molecule has 0 aliphatic rings. The molecule has 4 aromatic rings. The van der Waals surface area contributed by atoms with Gasteiger partial charge in [0.1, 0.15) is 0 Å². The molecule has 0 fully saturated rings. The average Bonchev–Trinajstić information content (AvgIpc) is 3.10. The molecule has 0 spiro atoms. The van der Waals surface area contributed by atoms with E-state index in [0.717, 1.165) is 27.4 Å². The van der Waals surface area contributed by atoms with E-state index in [1.807, 2.05) is 55.5 Å². The van der Waals surface area contributed by atoms with Crippen LogP contribution in [0.3, 0.4) is 0 Å². The van der Waals surface area contributed by atoms with Gasteiger partial charge in [0.15, 0.2) is 0 Å². The number of carbonyl (C=O) groups is 1. The van der Waals surface area contributed by atoms with Gasteiger partial charge < -0.3 is 15.7 Å². The number of aromatic nitrogens is 2. The van der Waals surface area contributed by atoms with Crippen LogP contribution in [-0.2, 0) is 0 Å². The van der Waals surface area contributed by atoms with E-state index >= 15 is 0 Å². The molecule has 22 heavy (non-hydrogen) atoms. The van der Waals surface area contributed by atoms with Crippen LogP contribution in [0.4, 0.5) is 5.69 Å². The number of H-pyrrole nitrogens is 2. The molecule has 0 amide bonds. The first-order chi connectivity index (χ1) is 10.6. The summed E-state index contributed by atoms with van der Waals surface area (Å²) < 4.78 is 0. The largest absolute Gasteiger partial charge is 0.399 e. The number of nitrogen functional groups attached to an aromatic ring is 1. The minimum atomic E-state index is -0.0506. The van der Waals surface area contributed by atoms with Crippen molar-refractivity contribution in [2.75, 3.05) is 5.73 Å².